The van der Waals surface area contributed by atoms with Crippen LogP contribution in [0.25, 0.3) is 0 Å². The fourth-order valence-corrected chi connectivity index (χ4v) is 3.35. The lowest BCUT2D eigenvalue weighted by atomic mass is 10.0. The first kappa shape index (κ1) is 15.2. The zero-order valence-corrected chi connectivity index (χ0v) is 13.4. The van der Waals surface area contributed by atoms with Crippen LogP contribution in [0.2, 0.25) is 0 Å². The van der Waals surface area contributed by atoms with Gasteiger partial charge in [0.2, 0.25) is 0 Å². The average Bonchev–Trinajstić information content (AvgIpc) is 2.57. The lowest BCUT2D eigenvalue weighted by Crippen LogP contribution is -2.48. The minimum atomic E-state index is -0.160. The fourth-order valence-electron chi connectivity index (χ4n) is 3.35. The number of fused-ring (bicyclic) bond motifs is 1. The number of pyridine rings is 1. The molecule has 0 unspecified atom stereocenters. The van der Waals surface area contributed by atoms with Gasteiger partial charge in [-0.2, -0.15) is 0 Å². The molecule has 3 heterocycles. The smallest absolute Gasteiger partial charge is 0.263 e. The van der Waals surface area contributed by atoms with Gasteiger partial charge in [0.15, 0.2) is 0 Å². The van der Waals surface area contributed by atoms with Gasteiger partial charge in [-0.05, 0) is 18.2 Å². The molecule has 1 saturated heterocycles. The highest BCUT2D eigenvalue weighted by Gasteiger charge is 2.25. The van der Waals surface area contributed by atoms with Crippen molar-refractivity contribution in [2.45, 2.75) is 19.9 Å². The Morgan fingerprint density at radius 1 is 1.27 bits per heavy atom. The highest BCUT2D eigenvalue weighted by molar-refractivity contribution is 5.94. The minimum absolute atomic E-state index is 0.126. The number of rotatable bonds is 2. The molecule has 1 aromatic rings. The number of hydrogen-bond donors (Lipinski definition) is 1. The number of hydrogen-bond acceptors (Lipinski definition) is 4. The Morgan fingerprint density at radius 2 is 2.00 bits per heavy atom. The predicted molar refractivity (Wildman–Crippen MR) is 85.1 cm³/mol. The van der Waals surface area contributed by atoms with Crippen molar-refractivity contribution in [2.24, 2.45) is 7.05 Å². The summed E-state index contributed by atoms with van der Waals surface area (Å²) in [4.78, 5) is 29.4. The number of nitrogens with one attached hydrogen (secondary N) is 1. The predicted octanol–water partition coefficient (Wildman–Crippen LogP) is -0.191. The van der Waals surface area contributed by atoms with Gasteiger partial charge in [-0.1, -0.05) is 6.92 Å². The van der Waals surface area contributed by atoms with E-state index in [1.807, 2.05) is 6.07 Å². The van der Waals surface area contributed by atoms with E-state index in [4.69, 9.17) is 0 Å². The Balaban J connectivity index is 1.96. The van der Waals surface area contributed by atoms with Crippen molar-refractivity contribution in [3.8, 4) is 0 Å². The van der Waals surface area contributed by atoms with E-state index in [1.54, 1.807) is 16.5 Å². The molecule has 6 heteroatoms. The molecular formula is C16H24N4O2. The quantitative estimate of drug-likeness (QED) is 0.823. The molecule has 0 aromatic carbocycles. The average molecular weight is 304 g/mol. The second kappa shape index (κ2) is 6.22. The van der Waals surface area contributed by atoms with E-state index in [-0.39, 0.29) is 11.5 Å². The maximum Gasteiger partial charge on any atom is 0.263 e. The van der Waals surface area contributed by atoms with Gasteiger partial charge in [-0.25, -0.2) is 0 Å². The molecule has 0 radical (unpaired) electrons. The van der Waals surface area contributed by atoms with Gasteiger partial charge in [0, 0.05) is 58.4 Å². The van der Waals surface area contributed by atoms with Gasteiger partial charge >= 0.3 is 0 Å². The molecular weight excluding hydrogens is 280 g/mol. The Bertz CT molecular complexity index is 632. The van der Waals surface area contributed by atoms with Crippen LogP contribution in [-0.2, 0) is 20.0 Å². The maximum absolute atomic E-state index is 12.7. The minimum Gasteiger partial charge on any atom is -0.336 e. The third-order valence-electron chi connectivity index (χ3n) is 4.77. The van der Waals surface area contributed by atoms with E-state index >= 15 is 0 Å². The fraction of sp³-hybridized carbons (Fsp3) is 0.625. The van der Waals surface area contributed by atoms with E-state index in [9.17, 15) is 9.59 Å². The van der Waals surface area contributed by atoms with Gasteiger partial charge in [-0.3, -0.25) is 14.5 Å². The van der Waals surface area contributed by atoms with Crippen LogP contribution in [0.5, 0.6) is 0 Å². The molecule has 2 aliphatic heterocycles. The molecule has 0 spiro atoms. The molecule has 1 aromatic heterocycles. The first-order valence-corrected chi connectivity index (χ1v) is 8.06. The SMILES string of the molecule is CCN1CCc2c(cc(C(=O)N3CCNCC3)c(=O)n2C)C1. The Morgan fingerprint density at radius 3 is 2.68 bits per heavy atom. The summed E-state index contributed by atoms with van der Waals surface area (Å²) in [5, 5.41) is 3.23. The molecule has 1 N–H and O–H groups in total. The van der Waals surface area contributed by atoms with Crippen molar-refractivity contribution in [3.05, 3.63) is 33.2 Å². The lowest BCUT2D eigenvalue weighted by Gasteiger charge is -2.30. The maximum atomic E-state index is 12.7. The molecule has 1 amide bonds. The van der Waals surface area contributed by atoms with Crippen molar-refractivity contribution >= 4 is 5.91 Å². The summed E-state index contributed by atoms with van der Waals surface area (Å²) in [7, 11) is 1.79. The summed E-state index contributed by atoms with van der Waals surface area (Å²) in [5.41, 5.74) is 2.36. The summed E-state index contributed by atoms with van der Waals surface area (Å²) in [6, 6.07) is 1.84. The van der Waals surface area contributed by atoms with Gasteiger partial charge in [0.25, 0.3) is 11.5 Å². The van der Waals surface area contributed by atoms with Crippen LogP contribution in [0.4, 0.5) is 0 Å². The topological polar surface area (TPSA) is 57.6 Å². The number of amides is 1. The summed E-state index contributed by atoms with van der Waals surface area (Å²) in [6.07, 6.45) is 0.872. The molecule has 0 bridgehead atoms. The lowest BCUT2D eigenvalue weighted by molar-refractivity contribution is 0.0733. The number of piperazine rings is 1. The largest absolute Gasteiger partial charge is 0.336 e. The highest BCUT2D eigenvalue weighted by atomic mass is 16.2. The van der Waals surface area contributed by atoms with Crippen LogP contribution >= 0.6 is 0 Å². The van der Waals surface area contributed by atoms with Crippen molar-refractivity contribution in [3.63, 3.8) is 0 Å². The summed E-state index contributed by atoms with van der Waals surface area (Å²) in [6.45, 7) is 7.84. The van der Waals surface area contributed by atoms with Crippen LogP contribution in [0.15, 0.2) is 10.9 Å². The Hall–Kier alpha value is -1.66. The molecule has 2 aliphatic rings. The highest BCUT2D eigenvalue weighted by Crippen LogP contribution is 2.18. The number of likely N-dealkylation sites (N-methyl/N-ethyl adjacent to an activating group) is 1. The summed E-state index contributed by atoms with van der Waals surface area (Å²) >= 11 is 0. The second-order valence-electron chi connectivity index (χ2n) is 6.06. The van der Waals surface area contributed by atoms with Gasteiger partial charge in [0.1, 0.15) is 5.56 Å². The van der Waals surface area contributed by atoms with Crippen molar-refractivity contribution in [1.29, 1.82) is 0 Å². The zero-order chi connectivity index (χ0) is 15.7. The van der Waals surface area contributed by atoms with Crippen LogP contribution in [0.3, 0.4) is 0 Å². The number of nitrogens with zero attached hydrogens (tertiary/aromatic N) is 3. The van der Waals surface area contributed by atoms with Gasteiger partial charge < -0.3 is 14.8 Å². The monoisotopic (exact) mass is 304 g/mol. The second-order valence-corrected chi connectivity index (χ2v) is 6.06. The number of carbonyl (C=O) groups excluding carboxylic acids is 1. The normalized spacial score (nSPS) is 19.1. The first-order valence-electron chi connectivity index (χ1n) is 8.06. The van der Waals surface area contributed by atoms with E-state index in [0.717, 1.165) is 50.4 Å². The van der Waals surface area contributed by atoms with Crippen LogP contribution in [0, 0.1) is 0 Å². The van der Waals surface area contributed by atoms with Gasteiger partial charge in [0.05, 0.1) is 0 Å². The van der Waals surface area contributed by atoms with E-state index in [2.05, 4.69) is 17.1 Å². The first-order chi connectivity index (χ1) is 10.6. The van der Waals surface area contributed by atoms with Crippen molar-refractivity contribution in [1.82, 2.24) is 19.7 Å². The Kier molecular flexibility index (Phi) is 4.31. The number of aromatic nitrogens is 1. The molecule has 120 valence electrons. The van der Waals surface area contributed by atoms with Crippen LogP contribution < -0.4 is 10.9 Å². The number of carbonyl (C=O) groups is 1. The molecule has 0 atom stereocenters. The molecule has 6 nitrogen and oxygen atoms in total. The summed E-state index contributed by atoms with van der Waals surface area (Å²) < 4.78 is 1.68. The van der Waals surface area contributed by atoms with E-state index in [0.29, 0.717) is 18.7 Å². The molecule has 1 fully saturated rings. The molecule has 22 heavy (non-hydrogen) atoms. The van der Waals surface area contributed by atoms with Gasteiger partial charge in [-0.15, -0.1) is 0 Å². The third kappa shape index (κ3) is 2.68. The molecule has 0 aliphatic carbocycles. The van der Waals surface area contributed by atoms with E-state index in [1.165, 1.54) is 0 Å². The van der Waals surface area contributed by atoms with E-state index < -0.39 is 0 Å². The van der Waals surface area contributed by atoms with Crippen molar-refractivity contribution in [2.75, 3.05) is 39.3 Å². The molecule has 3 rings (SSSR count). The molecule has 0 saturated carbocycles. The van der Waals surface area contributed by atoms with Crippen LogP contribution in [0.1, 0.15) is 28.5 Å². The standard InChI is InChI=1S/C16H24N4O2/c1-3-19-7-4-14-12(11-19)10-13(15(21)18(14)2)16(22)20-8-5-17-6-9-20/h10,17H,3-9,11H2,1-2H3. The Labute approximate surface area is 130 Å². The third-order valence-corrected chi connectivity index (χ3v) is 4.77. The summed E-state index contributed by atoms with van der Waals surface area (Å²) in [5.74, 6) is -0.126. The van der Waals surface area contributed by atoms with Crippen LogP contribution in [-0.4, -0.2) is 59.5 Å². The van der Waals surface area contributed by atoms with Crippen molar-refractivity contribution < 1.29 is 4.79 Å². The zero-order valence-electron chi connectivity index (χ0n) is 13.4.